The van der Waals surface area contributed by atoms with Crippen molar-refractivity contribution in [2.24, 2.45) is 5.92 Å². The summed E-state index contributed by atoms with van der Waals surface area (Å²) in [5, 5.41) is 2.70. The van der Waals surface area contributed by atoms with E-state index < -0.39 is 17.8 Å². The summed E-state index contributed by atoms with van der Waals surface area (Å²) in [5.41, 5.74) is 1.08. The van der Waals surface area contributed by atoms with Gasteiger partial charge in [-0.2, -0.15) is 0 Å². The minimum Gasteiger partial charge on any atom is -0.352 e. The second-order valence-electron chi connectivity index (χ2n) is 6.12. The van der Waals surface area contributed by atoms with Crippen molar-refractivity contribution in [2.75, 3.05) is 7.05 Å². The Balaban J connectivity index is 1.76. The molecule has 2 amide bonds. The third-order valence-corrected chi connectivity index (χ3v) is 4.55. The zero-order valence-electron chi connectivity index (χ0n) is 13.7. The van der Waals surface area contributed by atoms with Crippen LogP contribution in [-0.2, 0) is 16.1 Å². The standard InChI is InChI=1S/C19H18F2N2O2/c1-23-17(24)10-15(18(23)12-6-8-14(20)9-7-12)19(25)22-11-13-4-2-3-5-16(13)21/h2-9,15,18H,10-11H2,1H3,(H,22,25). The van der Waals surface area contributed by atoms with Crippen LogP contribution in [0.5, 0.6) is 0 Å². The number of carbonyl (C=O) groups is 2. The maximum atomic E-state index is 13.7. The summed E-state index contributed by atoms with van der Waals surface area (Å²) in [6.45, 7) is 0.0516. The maximum Gasteiger partial charge on any atom is 0.226 e. The molecule has 1 N–H and O–H groups in total. The average molecular weight is 344 g/mol. The van der Waals surface area contributed by atoms with Gasteiger partial charge in [0.05, 0.1) is 12.0 Å². The molecule has 0 radical (unpaired) electrons. The van der Waals surface area contributed by atoms with Gasteiger partial charge in [-0.25, -0.2) is 8.78 Å². The Labute approximate surface area is 144 Å². The second kappa shape index (κ2) is 7.01. The van der Waals surface area contributed by atoms with E-state index in [4.69, 9.17) is 0 Å². The Kier molecular flexibility index (Phi) is 4.79. The molecule has 1 aliphatic rings. The van der Waals surface area contributed by atoms with Gasteiger partial charge in [-0.05, 0) is 23.8 Å². The summed E-state index contributed by atoms with van der Waals surface area (Å²) in [6.07, 6.45) is 0.0711. The highest BCUT2D eigenvalue weighted by Crippen LogP contribution is 2.37. The molecule has 1 heterocycles. The maximum absolute atomic E-state index is 13.7. The van der Waals surface area contributed by atoms with E-state index in [0.29, 0.717) is 11.1 Å². The zero-order chi connectivity index (χ0) is 18.0. The number of carbonyl (C=O) groups excluding carboxylic acids is 2. The fourth-order valence-electron chi connectivity index (χ4n) is 3.18. The smallest absolute Gasteiger partial charge is 0.226 e. The number of hydrogen-bond acceptors (Lipinski definition) is 2. The first-order valence-electron chi connectivity index (χ1n) is 7.99. The highest BCUT2D eigenvalue weighted by atomic mass is 19.1. The quantitative estimate of drug-likeness (QED) is 0.927. The van der Waals surface area contributed by atoms with Gasteiger partial charge in [-0.1, -0.05) is 30.3 Å². The van der Waals surface area contributed by atoms with Crippen molar-refractivity contribution in [2.45, 2.75) is 19.0 Å². The van der Waals surface area contributed by atoms with Gasteiger partial charge in [-0.3, -0.25) is 9.59 Å². The summed E-state index contributed by atoms with van der Waals surface area (Å²) >= 11 is 0. The molecule has 0 bridgehead atoms. The van der Waals surface area contributed by atoms with Crippen LogP contribution in [0.15, 0.2) is 48.5 Å². The molecule has 1 fully saturated rings. The molecule has 6 heteroatoms. The first-order valence-corrected chi connectivity index (χ1v) is 7.99. The highest BCUT2D eigenvalue weighted by Gasteiger charge is 2.42. The molecule has 2 unspecified atom stereocenters. The third-order valence-electron chi connectivity index (χ3n) is 4.55. The summed E-state index contributed by atoms with van der Waals surface area (Å²) in [5.74, 6) is -1.85. The largest absolute Gasteiger partial charge is 0.352 e. The van der Waals surface area contributed by atoms with Crippen molar-refractivity contribution in [3.8, 4) is 0 Å². The third kappa shape index (κ3) is 3.52. The first kappa shape index (κ1) is 17.1. The van der Waals surface area contributed by atoms with Crippen molar-refractivity contribution in [3.05, 3.63) is 71.3 Å². The molecule has 2 atom stereocenters. The van der Waals surface area contributed by atoms with E-state index in [1.807, 2.05) is 0 Å². The van der Waals surface area contributed by atoms with E-state index in [1.165, 1.54) is 23.1 Å². The molecule has 0 aromatic heterocycles. The lowest BCUT2D eigenvalue weighted by atomic mass is 9.93. The van der Waals surface area contributed by atoms with Crippen LogP contribution in [0.1, 0.15) is 23.6 Å². The number of rotatable bonds is 4. The van der Waals surface area contributed by atoms with Gasteiger partial charge in [0, 0.05) is 25.6 Å². The topological polar surface area (TPSA) is 49.4 Å². The molecule has 2 aromatic rings. The Morgan fingerprint density at radius 3 is 2.52 bits per heavy atom. The molecular formula is C19H18F2N2O2. The molecule has 0 spiro atoms. The molecule has 25 heavy (non-hydrogen) atoms. The minimum atomic E-state index is -0.602. The van der Waals surface area contributed by atoms with E-state index in [9.17, 15) is 18.4 Å². The average Bonchev–Trinajstić information content (AvgIpc) is 2.90. The molecule has 0 aliphatic carbocycles. The van der Waals surface area contributed by atoms with Gasteiger partial charge in [0.2, 0.25) is 11.8 Å². The van der Waals surface area contributed by atoms with E-state index in [1.54, 1.807) is 37.4 Å². The highest BCUT2D eigenvalue weighted by molar-refractivity contribution is 5.90. The van der Waals surface area contributed by atoms with Crippen LogP contribution in [-0.4, -0.2) is 23.8 Å². The normalized spacial score (nSPS) is 20.0. The monoisotopic (exact) mass is 344 g/mol. The number of likely N-dealkylation sites (tertiary alicyclic amines) is 1. The van der Waals surface area contributed by atoms with Gasteiger partial charge in [0.1, 0.15) is 11.6 Å². The SMILES string of the molecule is CN1C(=O)CC(C(=O)NCc2ccccc2F)C1c1ccc(F)cc1. The van der Waals surface area contributed by atoms with Crippen LogP contribution in [0, 0.1) is 17.6 Å². The van der Waals surface area contributed by atoms with Crippen LogP contribution in [0.25, 0.3) is 0 Å². The Hall–Kier alpha value is -2.76. The summed E-state index contributed by atoms with van der Waals surface area (Å²) in [4.78, 5) is 26.2. The number of halogens is 2. The molecule has 1 saturated heterocycles. The van der Waals surface area contributed by atoms with Gasteiger partial charge in [0.15, 0.2) is 0 Å². The van der Waals surface area contributed by atoms with Crippen molar-refractivity contribution in [3.63, 3.8) is 0 Å². The van der Waals surface area contributed by atoms with Crippen molar-refractivity contribution >= 4 is 11.8 Å². The number of benzene rings is 2. The lowest BCUT2D eigenvalue weighted by Gasteiger charge is -2.25. The number of nitrogens with zero attached hydrogens (tertiary/aromatic N) is 1. The number of nitrogens with one attached hydrogen (secondary N) is 1. The van der Waals surface area contributed by atoms with E-state index in [-0.39, 0.29) is 30.6 Å². The fraction of sp³-hybridized carbons (Fsp3) is 0.263. The second-order valence-corrected chi connectivity index (χ2v) is 6.12. The van der Waals surface area contributed by atoms with Gasteiger partial charge < -0.3 is 10.2 Å². The molecule has 4 nitrogen and oxygen atoms in total. The van der Waals surface area contributed by atoms with Crippen LogP contribution in [0.3, 0.4) is 0 Å². The first-order chi connectivity index (χ1) is 12.0. The number of amides is 2. The number of hydrogen-bond donors (Lipinski definition) is 1. The Morgan fingerprint density at radius 2 is 1.84 bits per heavy atom. The Bertz CT molecular complexity index is 792. The summed E-state index contributed by atoms with van der Waals surface area (Å²) in [6, 6.07) is 11.5. The van der Waals surface area contributed by atoms with Crippen molar-refractivity contribution < 1.29 is 18.4 Å². The molecule has 130 valence electrons. The Morgan fingerprint density at radius 1 is 1.16 bits per heavy atom. The molecule has 0 saturated carbocycles. The molecule has 2 aromatic carbocycles. The van der Waals surface area contributed by atoms with Crippen molar-refractivity contribution in [1.82, 2.24) is 10.2 Å². The molecule has 1 aliphatic heterocycles. The minimum absolute atomic E-state index is 0.0516. The van der Waals surface area contributed by atoms with Crippen LogP contribution in [0.2, 0.25) is 0 Å². The van der Waals surface area contributed by atoms with E-state index in [2.05, 4.69) is 5.32 Å². The molecule has 3 rings (SSSR count). The van der Waals surface area contributed by atoms with Gasteiger partial charge >= 0.3 is 0 Å². The lowest BCUT2D eigenvalue weighted by molar-refractivity contribution is -0.128. The van der Waals surface area contributed by atoms with Gasteiger partial charge in [-0.15, -0.1) is 0 Å². The van der Waals surface area contributed by atoms with Crippen molar-refractivity contribution in [1.29, 1.82) is 0 Å². The van der Waals surface area contributed by atoms with Crippen LogP contribution in [0.4, 0.5) is 8.78 Å². The van der Waals surface area contributed by atoms with Crippen LogP contribution >= 0.6 is 0 Å². The summed E-state index contributed by atoms with van der Waals surface area (Å²) < 4.78 is 26.8. The van der Waals surface area contributed by atoms with Crippen LogP contribution < -0.4 is 5.32 Å². The van der Waals surface area contributed by atoms with Gasteiger partial charge in [0.25, 0.3) is 0 Å². The van der Waals surface area contributed by atoms with E-state index in [0.717, 1.165) is 0 Å². The summed E-state index contributed by atoms with van der Waals surface area (Å²) in [7, 11) is 1.63. The fourth-order valence-corrected chi connectivity index (χ4v) is 3.18. The lowest BCUT2D eigenvalue weighted by Crippen LogP contribution is -2.34. The zero-order valence-corrected chi connectivity index (χ0v) is 13.7. The predicted molar refractivity (Wildman–Crippen MR) is 88.3 cm³/mol. The van der Waals surface area contributed by atoms with E-state index >= 15 is 0 Å². The predicted octanol–water partition coefficient (Wildman–Crippen LogP) is 2.80. The molecular weight excluding hydrogens is 326 g/mol.